The van der Waals surface area contributed by atoms with Crippen molar-refractivity contribution in [3.05, 3.63) is 71.8 Å². The number of ether oxygens (including phenoxy) is 3. The molecule has 154 valence electrons. The molecule has 0 aliphatic heterocycles. The fourth-order valence-electron chi connectivity index (χ4n) is 2.66. The minimum absolute atomic E-state index is 0.0781. The molecular weight excluding hydrogens is 364 g/mol. The van der Waals surface area contributed by atoms with Gasteiger partial charge in [-0.15, -0.1) is 0 Å². The van der Waals surface area contributed by atoms with E-state index in [1.165, 1.54) is 0 Å². The number of allylic oxidation sites excluding steroid dienone is 1. The molecule has 0 aliphatic carbocycles. The molecule has 29 heavy (non-hydrogen) atoms. The zero-order valence-electron chi connectivity index (χ0n) is 17.6. The van der Waals surface area contributed by atoms with E-state index in [0.29, 0.717) is 31.1 Å². The number of carbonyl (C=O) groups is 1. The van der Waals surface area contributed by atoms with E-state index in [1.807, 2.05) is 19.1 Å². The van der Waals surface area contributed by atoms with Gasteiger partial charge in [0, 0.05) is 17.2 Å². The summed E-state index contributed by atoms with van der Waals surface area (Å²) in [4.78, 5) is 12.6. The molecule has 0 N–H and O–H groups in total. The van der Waals surface area contributed by atoms with Crippen LogP contribution >= 0.6 is 0 Å². The summed E-state index contributed by atoms with van der Waals surface area (Å²) in [6, 6.07) is 11.0. The summed E-state index contributed by atoms with van der Waals surface area (Å²) in [5.74, 6) is 2.17. The Bertz CT molecular complexity index is 835. The van der Waals surface area contributed by atoms with Crippen LogP contribution in [-0.2, 0) is 0 Å². The Morgan fingerprint density at radius 1 is 0.966 bits per heavy atom. The fourth-order valence-corrected chi connectivity index (χ4v) is 2.66. The van der Waals surface area contributed by atoms with Crippen molar-refractivity contribution in [2.24, 2.45) is 0 Å². The maximum absolute atomic E-state index is 12.6. The van der Waals surface area contributed by atoms with Crippen LogP contribution in [0.3, 0.4) is 0 Å². The molecular formula is C25H30O4. The highest BCUT2D eigenvalue weighted by Gasteiger charge is 2.09. The van der Waals surface area contributed by atoms with Gasteiger partial charge in [0.25, 0.3) is 0 Å². The lowest BCUT2D eigenvalue weighted by Gasteiger charge is -2.14. The lowest BCUT2D eigenvalue weighted by Crippen LogP contribution is -2.02. The van der Waals surface area contributed by atoms with Crippen molar-refractivity contribution in [2.75, 3.05) is 19.8 Å². The molecule has 0 fully saturated rings. The van der Waals surface area contributed by atoms with Crippen LogP contribution < -0.4 is 14.2 Å². The summed E-state index contributed by atoms with van der Waals surface area (Å²) in [5.41, 5.74) is 2.47. The molecule has 0 radical (unpaired) electrons. The molecule has 2 aromatic rings. The van der Waals surface area contributed by atoms with Gasteiger partial charge >= 0.3 is 0 Å². The molecule has 0 aromatic heterocycles. The first-order chi connectivity index (χ1) is 14.1. The largest absolute Gasteiger partial charge is 0.493 e. The molecule has 0 amide bonds. The summed E-state index contributed by atoms with van der Waals surface area (Å²) in [6.45, 7) is 11.5. The maximum atomic E-state index is 12.6. The first-order valence-electron chi connectivity index (χ1n) is 10.0. The first-order valence-corrected chi connectivity index (χ1v) is 10.0. The van der Waals surface area contributed by atoms with E-state index in [4.69, 9.17) is 14.2 Å². The average molecular weight is 395 g/mol. The third-order valence-corrected chi connectivity index (χ3v) is 4.15. The van der Waals surface area contributed by atoms with E-state index in [-0.39, 0.29) is 5.78 Å². The number of aryl methyl sites for hydroxylation is 1. The van der Waals surface area contributed by atoms with E-state index in [1.54, 1.807) is 42.5 Å². The summed E-state index contributed by atoms with van der Waals surface area (Å²) < 4.78 is 17.1. The predicted molar refractivity (Wildman–Crippen MR) is 118 cm³/mol. The van der Waals surface area contributed by atoms with Crippen molar-refractivity contribution < 1.29 is 19.0 Å². The predicted octanol–water partition coefficient (Wildman–Crippen LogP) is 6.03. The Labute approximate surface area is 173 Å². The topological polar surface area (TPSA) is 44.8 Å². The lowest BCUT2D eigenvalue weighted by molar-refractivity contribution is 0.104. The molecule has 2 aromatic carbocycles. The van der Waals surface area contributed by atoms with Crippen LogP contribution in [0, 0.1) is 6.92 Å². The summed E-state index contributed by atoms with van der Waals surface area (Å²) in [7, 11) is 0. The van der Waals surface area contributed by atoms with Gasteiger partial charge < -0.3 is 14.2 Å². The van der Waals surface area contributed by atoms with Gasteiger partial charge in [-0.25, -0.2) is 0 Å². The highest BCUT2D eigenvalue weighted by atomic mass is 16.5. The average Bonchev–Trinajstić information content (AvgIpc) is 2.74. The smallest absolute Gasteiger partial charge is 0.185 e. The standard InChI is InChI=1S/C25H30O4/c1-5-14-27-22-11-8-20(9-12-22)23(26)13-10-21-17-19(4)24(28-15-6-2)18-25(21)29-16-7-3/h5,8-13,17-18H,1,6-7,14-16H2,2-4H3. The molecule has 0 bridgehead atoms. The van der Waals surface area contributed by atoms with Gasteiger partial charge in [0.1, 0.15) is 23.9 Å². The second-order valence-corrected chi connectivity index (χ2v) is 6.67. The molecule has 0 atom stereocenters. The number of rotatable bonds is 12. The van der Waals surface area contributed by atoms with Crippen LogP contribution in [0.15, 0.2) is 55.1 Å². The molecule has 0 saturated carbocycles. The van der Waals surface area contributed by atoms with Gasteiger partial charge in [0.05, 0.1) is 13.2 Å². The van der Waals surface area contributed by atoms with Crippen molar-refractivity contribution in [3.63, 3.8) is 0 Å². The Hall–Kier alpha value is -3.01. The Morgan fingerprint density at radius 2 is 1.62 bits per heavy atom. The molecule has 0 spiro atoms. The molecule has 0 aliphatic rings. The minimum Gasteiger partial charge on any atom is -0.493 e. The van der Waals surface area contributed by atoms with Gasteiger partial charge in [0.15, 0.2) is 5.78 Å². The van der Waals surface area contributed by atoms with Crippen LogP contribution in [0.1, 0.15) is 48.2 Å². The molecule has 2 rings (SSSR count). The Morgan fingerprint density at radius 3 is 2.24 bits per heavy atom. The van der Waals surface area contributed by atoms with E-state index < -0.39 is 0 Å². The molecule has 0 unspecified atom stereocenters. The Balaban J connectivity index is 2.19. The van der Waals surface area contributed by atoms with Crippen LogP contribution in [0.2, 0.25) is 0 Å². The van der Waals surface area contributed by atoms with Gasteiger partial charge in [-0.2, -0.15) is 0 Å². The zero-order chi connectivity index (χ0) is 21.1. The Kier molecular flexibility index (Phi) is 9.03. The third-order valence-electron chi connectivity index (χ3n) is 4.15. The first kappa shape index (κ1) is 22.3. The minimum atomic E-state index is -0.0781. The number of hydrogen-bond donors (Lipinski definition) is 0. The number of ketones is 1. The summed E-state index contributed by atoms with van der Waals surface area (Å²) >= 11 is 0. The molecule has 0 heterocycles. The van der Waals surface area contributed by atoms with E-state index >= 15 is 0 Å². The van der Waals surface area contributed by atoms with E-state index in [9.17, 15) is 4.79 Å². The number of carbonyl (C=O) groups excluding carboxylic acids is 1. The number of benzene rings is 2. The quantitative estimate of drug-likeness (QED) is 0.250. The number of hydrogen-bond acceptors (Lipinski definition) is 4. The summed E-state index contributed by atoms with van der Waals surface area (Å²) in [6.07, 6.45) is 6.89. The molecule has 0 saturated heterocycles. The van der Waals surface area contributed by atoms with Crippen LogP contribution in [0.25, 0.3) is 6.08 Å². The second kappa shape index (κ2) is 11.7. The van der Waals surface area contributed by atoms with E-state index in [0.717, 1.165) is 35.5 Å². The van der Waals surface area contributed by atoms with Crippen LogP contribution in [0.4, 0.5) is 0 Å². The van der Waals surface area contributed by atoms with Crippen molar-refractivity contribution >= 4 is 11.9 Å². The van der Waals surface area contributed by atoms with Crippen LogP contribution in [-0.4, -0.2) is 25.6 Å². The van der Waals surface area contributed by atoms with Gasteiger partial charge in [0.2, 0.25) is 0 Å². The second-order valence-electron chi connectivity index (χ2n) is 6.67. The lowest BCUT2D eigenvalue weighted by atomic mass is 10.1. The molecule has 4 heteroatoms. The van der Waals surface area contributed by atoms with E-state index in [2.05, 4.69) is 20.4 Å². The SMILES string of the molecule is C=CCOc1ccc(C(=O)C=Cc2cc(C)c(OCCC)cc2OCCC)cc1. The monoisotopic (exact) mass is 394 g/mol. The van der Waals surface area contributed by atoms with Crippen molar-refractivity contribution in [1.29, 1.82) is 0 Å². The zero-order valence-corrected chi connectivity index (χ0v) is 17.6. The van der Waals surface area contributed by atoms with Crippen molar-refractivity contribution in [2.45, 2.75) is 33.6 Å². The fraction of sp³-hybridized carbons (Fsp3) is 0.320. The van der Waals surface area contributed by atoms with Crippen molar-refractivity contribution in [3.8, 4) is 17.2 Å². The van der Waals surface area contributed by atoms with Gasteiger partial charge in [-0.05, 0) is 67.8 Å². The maximum Gasteiger partial charge on any atom is 0.185 e. The molecule has 4 nitrogen and oxygen atoms in total. The third kappa shape index (κ3) is 6.83. The van der Waals surface area contributed by atoms with Crippen molar-refractivity contribution in [1.82, 2.24) is 0 Å². The highest BCUT2D eigenvalue weighted by molar-refractivity contribution is 6.07. The van der Waals surface area contributed by atoms with Crippen LogP contribution in [0.5, 0.6) is 17.2 Å². The summed E-state index contributed by atoms with van der Waals surface area (Å²) in [5, 5.41) is 0. The van der Waals surface area contributed by atoms with Gasteiger partial charge in [-0.3, -0.25) is 4.79 Å². The van der Waals surface area contributed by atoms with Gasteiger partial charge in [-0.1, -0.05) is 26.5 Å². The highest BCUT2D eigenvalue weighted by Crippen LogP contribution is 2.30. The normalized spacial score (nSPS) is 10.7.